The molecule has 0 spiro atoms. The van der Waals surface area contributed by atoms with Crippen LogP contribution >= 0.6 is 11.6 Å². The predicted octanol–water partition coefficient (Wildman–Crippen LogP) is 3.24. The zero-order chi connectivity index (χ0) is 14.5. The second-order valence-electron chi connectivity index (χ2n) is 4.57. The van der Waals surface area contributed by atoms with Crippen LogP contribution in [0.25, 0.3) is 0 Å². The highest BCUT2D eigenvalue weighted by Crippen LogP contribution is 2.09. The van der Waals surface area contributed by atoms with Gasteiger partial charge in [0.1, 0.15) is 11.0 Å². The molecule has 2 rings (SSSR count). The van der Waals surface area contributed by atoms with Crippen molar-refractivity contribution in [2.24, 2.45) is 0 Å². The van der Waals surface area contributed by atoms with E-state index in [4.69, 9.17) is 11.6 Å². The molecule has 3 nitrogen and oxygen atoms in total. The van der Waals surface area contributed by atoms with Crippen LogP contribution in [0.15, 0.2) is 42.6 Å². The summed E-state index contributed by atoms with van der Waals surface area (Å²) in [6.07, 6.45) is 2.12. The van der Waals surface area contributed by atoms with Gasteiger partial charge in [-0.1, -0.05) is 23.7 Å². The second-order valence-corrected chi connectivity index (χ2v) is 4.96. The number of carbonyl (C=O) groups excluding carboxylic acids is 1. The fraction of sp³-hybridized carbons (Fsp3) is 0.200. The van der Waals surface area contributed by atoms with E-state index in [0.29, 0.717) is 12.0 Å². The van der Waals surface area contributed by atoms with Crippen LogP contribution in [-0.4, -0.2) is 16.9 Å². The van der Waals surface area contributed by atoms with Gasteiger partial charge in [-0.25, -0.2) is 9.37 Å². The maximum absolute atomic E-state index is 12.8. The number of rotatable bonds is 4. The summed E-state index contributed by atoms with van der Waals surface area (Å²) in [5.74, 6) is -0.472. The molecule has 1 N–H and O–H groups in total. The summed E-state index contributed by atoms with van der Waals surface area (Å²) in [5, 5.41) is 3.15. The van der Waals surface area contributed by atoms with Gasteiger partial charge in [0.25, 0.3) is 5.91 Å². The van der Waals surface area contributed by atoms with E-state index in [-0.39, 0.29) is 22.9 Å². The number of nitrogens with zero attached hydrogens (tertiary/aromatic N) is 1. The Morgan fingerprint density at radius 2 is 2.05 bits per heavy atom. The molecular weight excluding hydrogens is 279 g/mol. The van der Waals surface area contributed by atoms with Crippen LogP contribution in [0.5, 0.6) is 0 Å². The van der Waals surface area contributed by atoms with E-state index in [0.717, 1.165) is 5.56 Å². The minimum atomic E-state index is -0.267. The van der Waals surface area contributed by atoms with Gasteiger partial charge in [0.15, 0.2) is 0 Å². The lowest BCUT2D eigenvalue weighted by atomic mass is 10.1. The molecule has 0 bridgehead atoms. The SMILES string of the molecule is CC(Cc1ccc(F)cc1)NC(=O)c1ccnc(Cl)c1. The molecule has 1 heterocycles. The van der Waals surface area contributed by atoms with Crippen LogP contribution in [0.2, 0.25) is 5.15 Å². The van der Waals surface area contributed by atoms with Crippen molar-refractivity contribution < 1.29 is 9.18 Å². The van der Waals surface area contributed by atoms with Crippen molar-refractivity contribution in [2.45, 2.75) is 19.4 Å². The lowest BCUT2D eigenvalue weighted by Crippen LogP contribution is -2.34. The third-order valence-electron chi connectivity index (χ3n) is 2.82. The molecule has 104 valence electrons. The highest BCUT2D eigenvalue weighted by Gasteiger charge is 2.11. The van der Waals surface area contributed by atoms with Crippen molar-refractivity contribution in [3.8, 4) is 0 Å². The molecule has 0 saturated carbocycles. The first-order chi connectivity index (χ1) is 9.54. The minimum Gasteiger partial charge on any atom is -0.349 e. The first-order valence-electron chi connectivity index (χ1n) is 6.21. The monoisotopic (exact) mass is 292 g/mol. The Morgan fingerprint density at radius 3 is 2.70 bits per heavy atom. The summed E-state index contributed by atoms with van der Waals surface area (Å²) >= 11 is 5.74. The van der Waals surface area contributed by atoms with E-state index in [2.05, 4.69) is 10.3 Å². The van der Waals surface area contributed by atoms with Gasteiger partial charge >= 0.3 is 0 Å². The van der Waals surface area contributed by atoms with Gasteiger partial charge in [0.2, 0.25) is 0 Å². The van der Waals surface area contributed by atoms with Crippen LogP contribution in [0.3, 0.4) is 0 Å². The smallest absolute Gasteiger partial charge is 0.251 e. The normalized spacial score (nSPS) is 11.9. The highest BCUT2D eigenvalue weighted by molar-refractivity contribution is 6.29. The van der Waals surface area contributed by atoms with Crippen LogP contribution in [0.1, 0.15) is 22.8 Å². The van der Waals surface area contributed by atoms with Gasteiger partial charge in [-0.05, 0) is 43.2 Å². The summed E-state index contributed by atoms with van der Waals surface area (Å²) < 4.78 is 12.8. The molecule has 5 heteroatoms. The number of halogens is 2. The second kappa shape index (κ2) is 6.48. The maximum Gasteiger partial charge on any atom is 0.251 e. The fourth-order valence-electron chi connectivity index (χ4n) is 1.88. The van der Waals surface area contributed by atoms with Crippen molar-refractivity contribution >= 4 is 17.5 Å². The number of amides is 1. The minimum absolute atomic E-state index is 0.0695. The molecule has 1 aromatic carbocycles. The molecule has 0 aliphatic heterocycles. The predicted molar refractivity (Wildman–Crippen MR) is 76.3 cm³/mol. The van der Waals surface area contributed by atoms with Gasteiger partial charge in [-0.2, -0.15) is 0 Å². The zero-order valence-corrected chi connectivity index (χ0v) is 11.7. The van der Waals surface area contributed by atoms with Crippen molar-refractivity contribution in [1.29, 1.82) is 0 Å². The summed E-state index contributed by atoms with van der Waals surface area (Å²) in [7, 11) is 0. The van der Waals surface area contributed by atoms with Gasteiger partial charge in [0, 0.05) is 17.8 Å². The largest absolute Gasteiger partial charge is 0.349 e. The number of pyridine rings is 1. The van der Waals surface area contributed by atoms with Crippen molar-refractivity contribution in [1.82, 2.24) is 10.3 Å². The third kappa shape index (κ3) is 4.03. The Kier molecular flexibility index (Phi) is 4.69. The summed E-state index contributed by atoms with van der Waals surface area (Å²) in [6, 6.07) is 9.29. The van der Waals surface area contributed by atoms with Gasteiger partial charge < -0.3 is 5.32 Å². The number of benzene rings is 1. The van der Waals surface area contributed by atoms with Gasteiger partial charge in [-0.3, -0.25) is 4.79 Å². The zero-order valence-electron chi connectivity index (χ0n) is 10.9. The fourth-order valence-corrected chi connectivity index (χ4v) is 2.05. The Bertz CT molecular complexity index is 601. The van der Waals surface area contributed by atoms with Crippen LogP contribution in [0, 0.1) is 5.82 Å². The van der Waals surface area contributed by atoms with Crippen molar-refractivity contribution in [2.75, 3.05) is 0 Å². The number of hydrogen-bond donors (Lipinski definition) is 1. The molecule has 1 unspecified atom stereocenters. The molecule has 20 heavy (non-hydrogen) atoms. The van der Waals surface area contributed by atoms with Crippen molar-refractivity contribution in [3.63, 3.8) is 0 Å². The average Bonchev–Trinajstić information content (AvgIpc) is 2.41. The topological polar surface area (TPSA) is 42.0 Å². The van der Waals surface area contributed by atoms with E-state index in [1.807, 2.05) is 6.92 Å². The molecule has 1 aromatic heterocycles. The number of nitrogens with one attached hydrogen (secondary N) is 1. The summed E-state index contributed by atoms with van der Waals surface area (Å²) in [5.41, 5.74) is 1.43. The Balaban J connectivity index is 1.95. The number of carbonyl (C=O) groups is 1. The van der Waals surface area contributed by atoms with Crippen molar-refractivity contribution in [3.05, 3.63) is 64.7 Å². The number of aromatic nitrogens is 1. The van der Waals surface area contributed by atoms with Crippen LogP contribution in [-0.2, 0) is 6.42 Å². The molecule has 2 aromatic rings. The summed E-state index contributed by atoms with van der Waals surface area (Å²) in [4.78, 5) is 15.8. The van der Waals surface area contributed by atoms with Gasteiger partial charge in [0.05, 0.1) is 0 Å². The Hall–Kier alpha value is -1.94. The third-order valence-corrected chi connectivity index (χ3v) is 3.03. The summed E-state index contributed by atoms with van der Waals surface area (Å²) in [6.45, 7) is 1.89. The van der Waals surface area contributed by atoms with E-state index in [1.165, 1.54) is 24.4 Å². The van der Waals surface area contributed by atoms with E-state index < -0.39 is 0 Å². The molecule has 0 radical (unpaired) electrons. The maximum atomic E-state index is 12.8. The molecule has 0 aliphatic carbocycles. The first kappa shape index (κ1) is 14.5. The molecule has 0 saturated heterocycles. The Morgan fingerprint density at radius 1 is 1.35 bits per heavy atom. The molecule has 1 atom stereocenters. The lowest BCUT2D eigenvalue weighted by molar-refractivity contribution is 0.0940. The van der Waals surface area contributed by atoms with E-state index in [1.54, 1.807) is 18.2 Å². The first-order valence-corrected chi connectivity index (χ1v) is 6.59. The standard InChI is InChI=1S/C15H14ClFN2O/c1-10(8-11-2-4-13(17)5-3-11)19-15(20)12-6-7-18-14(16)9-12/h2-7,9-10H,8H2,1H3,(H,19,20). The average molecular weight is 293 g/mol. The highest BCUT2D eigenvalue weighted by atomic mass is 35.5. The lowest BCUT2D eigenvalue weighted by Gasteiger charge is -2.14. The molecular formula is C15H14ClFN2O. The number of hydrogen-bond acceptors (Lipinski definition) is 2. The van der Waals surface area contributed by atoms with E-state index >= 15 is 0 Å². The van der Waals surface area contributed by atoms with E-state index in [9.17, 15) is 9.18 Å². The Labute approximate surface area is 121 Å². The quantitative estimate of drug-likeness (QED) is 0.879. The van der Waals surface area contributed by atoms with Gasteiger partial charge in [-0.15, -0.1) is 0 Å². The molecule has 0 fully saturated rings. The molecule has 0 aliphatic rings. The van der Waals surface area contributed by atoms with Crippen LogP contribution < -0.4 is 5.32 Å². The van der Waals surface area contributed by atoms with Crippen LogP contribution in [0.4, 0.5) is 4.39 Å². The molecule has 1 amide bonds.